The van der Waals surface area contributed by atoms with Gasteiger partial charge in [-0.05, 0) is 0 Å². The summed E-state index contributed by atoms with van der Waals surface area (Å²) in [7, 11) is 0.694. The van der Waals surface area contributed by atoms with E-state index in [1.807, 2.05) is 13.8 Å². The van der Waals surface area contributed by atoms with Gasteiger partial charge in [0.25, 0.3) is 0 Å². The van der Waals surface area contributed by atoms with Gasteiger partial charge in [0, 0.05) is 0 Å². The average molecular weight is 81.1 g/mol. The quantitative estimate of drug-likeness (QED) is 0.353. The Morgan fingerprint density at radius 3 is 2.17 bits per heavy atom. The number of carbonyl (C=O) groups excluding carboxylic acids is 1. The van der Waals surface area contributed by atoms with Crippen molar-refractivity contribution in [2.75, 3.05) is 0 Å². The molecule has 0 N–H and O–H groups in total. The van der Waals surface area contributed by atoms with E-state index in [0.29, 0.717) is 14.4 Å². The van der Waals surface area contributed by atoms with Crippen molar-refractivity contribution in [3.8, 4) is 0 Å². The van der Waals surface area contributed by atoms with Gasteiger partial charge in [0.05, 0.1) is 0 Å². The Bertz CT molecular complexity index is 42.8. The summed E-state index contributed by atoms with van der Waals surface area (Å²) in [4.78, 5) is 9.62. The van der Waals surface area contributed by atoms with Gasteiger partial charge in [-0.3, -0.25) is 0 Å². The molecule has 0 atom stereocenters. The van der Waals surface area contributed by atoms with Crippen LogP contribution in [0.15, 0.2) is 0 Å². The summed E-state index contributed by atoms with van der Waals surface area (Å²) in [6.45, 7) is 4.04. The molecule has 0 saturated heterocycles. The van der Waals surface area contributed by atoms with Gasteiger partial charge in [-0.25, -0.2) is 0 Å². The summed E-state index contributed by atoms with van der Waals surface area (Å²) < 4.78 is 0. The molecule has 6 heavy (non-hydrogen) atoms. The van der Waals surface area contributed by atoms with Gasteiger partial charge in [0.1, 0.15) is 0 Å². The fraction of sp³-hybridized carbons (Fsp3) is 0.750. The van der Waals surface area contributed by atoms with Crippen molar-refractivity contribution in [1.82, 2.24) is 0 Å². The van der Waals surface area contributed by atoms with Crippen LogP contribution in [0, 0.1) is 0 Å². The van der Waals surface area contributed by atoms with E-state index in [1.165, 1.54) is 0 Å². The zero-order valence-corrected chi connectivity index (χ0v) is 4.27. The van der Waals surface area contributed by atoms with Gasteiger partial charge in [-0.1, -0.05) is 0 Å². The zero-order valence-electron chi connectivity index (χ0n) is 4.27. The van der Waals surface area contributed by atoms with Gasteiger partial charge in [-0.15, -0.1) is 0 Å². The first kappa shape index (κ1) is 5.84. The second-order valence-electron chi connectivity index (χ2n) is 1.80. The van der Waals surface area contributed by atoms with Crippen LogP contribution >= 0.6 is 0 Å². The van der Waals surface area contributed by atoms with Crippen LogP contribution in [0.25, 0.3) is 0 Å². The van der Waals surface area contributed by atoms with Crippen molar-refractivity contribution in [1.29, 1.82) is 0 Å². The molecule has 0 aliphatic rings. The molecule has 0 rings (SSSR count). The third kappa shape index (κ3) is 3.84. The summed E-state index contributed by atoms with van der Waals surface area (Å²) in [5.41, 5.74) is 0.530. The summed E-state index contributed by atoms with van der Waals surface area (Å²) in [5, 5.41) is 0. The third-order valence-electron chi connectivity index (χ3n) is 0.568. The van der Waals surface area contributed by atoms with E-state index < -0.39 is 0 Å². The topological polar surface area (TPSA) is 17.1 Å². The first-order valence-corrected chi connectivity index (χ1v) is 2.21. The molecule has 0 spiro atoms. The second kappa shape index (κ2) is 3.05. The van der Waals surface area contributed by atoms with E-state index in [2.05, 4.69) is 0 Å². The molecule has 0 amide bonds. The predicted molar refractivity (Wildman–Crippen MR) is 27.6 cm³/mol. The number of hydrogen-bond donors (Lipinski definition) is 0. The third-order valence-corrected chi connectivity index (χ3v) is 0.568. The first-order chi connectivity index (χ1) is 2.77. The van der Waals surface area contributed by atoms with Crippen molar-refractivity contribution >= 4 is 14.8 Å². The monoisotopic (exact) mass is 81.1 g/mol. The Morgan fingerprint density at radius 2 is 2.17 bits per heavy atom. The van der Waals surface area contributed by atoms with Crippen LogP contribution in [0.3, 0.4) is 0 Å². The minimum atomic E-state index is 0.530. The molecule has 0 aliphatic heterocycles. The van der Waals surface area contributed by atoms with E-state index in [-0.39, 0.29) is 0 Å². The molecule has 0 aliphatic carbocycles. The van der Waals surface area contributed by atoms with E-state index in [0.717, 1.165) is 6.00 Å². The molecule has 32 valence electrons. The summed E-state index contributed by atoms with van der Waals surface area (Å²) in [6, 6.07) is 0.949. The molecule has 1 nitrogen and oxygen atoms in total. The normalized spacial score (nSPS) is 7.83. The Morgan fingerprint density at radius 1 is 1.67 bits per heavy atom. The molecule has 0 aromatic carbocycles. The van der Waals surface area contributed by atoms with Crippen LogP contribution in [0.2, 0.25) is 5.63 Å². The van der Waals surface area contributed by atoms with Crippen LogP contribution in [0.4, 0.5) is 0 Å². The zero-order chi connectivity index (χ0) is 4.99. The minimum absolute atomic E-state index is 0.530. The summed E-state index contributed by atoms with van der Waals surface area (Å²) in [6.07, 6.45) is 0. The van der Waals surface area contributed by atoms with E-state index in [4.69, 9.17) is 0 Å². The maximum atomic E-state index is 9.62. The van der Waals surface area contributed by atoms with Gasteiger partial charge < -0.3 is 0 Å². The summed E-state index contributed by atoms with van der Waals surface area (Å²) >= 11 is 0. The van der Waals surface area contributed by atoms with Gasteiger partial charge in [-0.2, -0.15) is 0 Å². The molecule has 0 aromatic heterocycles. The first-order valence-electron chi connectivity index (χ1n) is 2.21. The molecule has 0 fully saturated rings. The van der Waals surface area contributed by atoms with Crippen LogP contribution < -0.4 is 0 Å². The van der Waals surface area contributed by atoms with Gasteiger partial charge in [0.2, 0.25) is 0 Å². The molecule has 0 radical (unpaired) electrons. The van der Waals surface area contributed by atoms with Crippen molar-refractivity contribution in [3.63, 3.8) is 0 Å². The number of rotatable bonds is 2. The van der Waals surface area contributed by atoms with E-state index in [9.17, 15) is 4.79 Å². The van der Waals surface area contributed by atoms with Crippen LogP contribution in [0.5, 0.6) is 0 Å². The van der Waals surface area contributed by atoms with Gasteiger partial charge in [0.15, 0.2) is 0 Å². The molecule has 0 saturated carbocycles. The van der Waals surface area contributed by atoms with Gasteiger partial charge >= 0.3 is 39.1 Å². The molecule has 0 aromatic rings. The molecule has 0 unspecified atom stereocenters. The second-order valence-corrected chi connectivity index (χ2v) is 1.80. The van der Waals surface area contributed by atoms with E-state index in [1.54, 1.807) is 0 Å². The predicted octanol–water partition coefficient (Wildman–Crippen LogP) is 0.709. The van der Waals surface area contributed by atoms with Crippen LogP contribution in [-0.2, 0) is 4.79 Å². The standard InChI is InChI=1S/C3H7.CHO.Be/c1-3-2;1-2;/h3H,1-2H3;1H;. The van der Waals surface area contributed by atoms with Crippen molar-refractivity contribution < 1.29 is 4.79 Å². The summed E-state index contributed by atoms with van der Waals surface area (Å²) in [5.74, 6) is 0. The van der Waals surface area contributed by atoms with Crippen molar-refractivity contribution in [2.24, 2.45) is 0 Å². The van der Waals surface area contributed by atoms with Crippen LogP contribution in [-0.4, -0.2) is 14.8 Å². The van der Waals surface area contributed by atoms with Crippen LogP contribution in [0.1, 0.15) is 13.8 Å². The average Bonchev–Trinajstić information content (AvgIpc) is 1.35. The Balaban J connectivity index is 2.81. The fourth-order valence-electron chi connectivity index (χ4n) is 0.192. The Kier molecular flexibility index (Phi) is 2.96. The maximum absolute atomic E-state index is 9.62. The Labute approximate surface area is 40.0 Å². The SMILES string of the molecule is C[CH](C)[Be][CH]=O. The molecule has 0 bridgehead atoms. The molecule has 2 heteroatoms. The Hall–Kier alpha value is -0.161. The van der Waals surface area contributed by atoms with E-state index >= 15 is 0 Å². The molecule has 0 heterocycles. The number of hydrogen-bond acceptors (Lipinski definition) is 1. The number of carbonyl (C=O) groups is 1. The molecular weight excluding hydrogens is 73.1 g/mol. The van der Waals surface area contributed by atoms with Crippen molar-refractivity contribution in [3.05, 3.63) is 0 Å². The fourth-order valence-corrected chi connectivity index (χ4v) is 0.192. The molecular formula is C4H8BeO. The van der Waals surface area contributed by atoms with Crippen molar-refractivity contribution in [2.45, 2.75) is 19.5 Å².